The third kappa shape index (κ3) is 3.71. The average Bonchev–Trinajstić information content (AvgIpc) is 2.97. The highest BCUT2D eigenvalue weighted by molar-refractivity contribution is 7.10. The maximum Gasteiger partial charge on any atom is 0.251 e. The number of nitrogens with zero attached hydrogens (tertiary/aromatic N) is 1. The van der Waals surface area contributed by atoms with Crippen LogP contribution in [-0.4, -0.2) is 5.91 Å². The summed E-state index contributed by atoms with van der Waals surface area (Å²) in [6.45, 7) is 6.30. The summed E-state index contributed by atoms with van der Waals surface area (Å²) in [6, 6.07) is 12.8. The Labute approximate surface area is 129 Å². The minimum atomic E-state index is -0.152. The molecule has 0 bridgehead atoms. The molecule has 0 aliphatic heterocycles. The average molecular weight is 298 g/mol. The topological polar surface area (TPSA) is 52.9 Å². The molecule has 0 fully saturated rings. The molecule has 108 valence electrons. The van der Waals surface area contributed by atoms with E-state index in [4.69, 9.17) is 5.26 Å². The van der Waals surface area contributed by atoms with Gasteiger partial charge in [-0.2, -0.15) is 5.26 Å². The van der Waals surface area contributed by atoms with Crippen molar-refractivity contribution in [3.8, 4) is 6.07 Å². The lowest BCUT2D eigenvalue weighted by Gasteiger charge is -2.30. The first-order chi connectivity index (χ1) is 9.91. The first-order valence-electron chi connectivity index (χ1n) is 6.76. The van der Waals surface area contributed by atoms with Gasteiger partial charge in [0, 0.05) is 10.4 Å². The van der Waals surface area contributed by atoms with Crippen LogP contribution >= 0.6 is 11.3 Å². The summed E-state index contributed by atoms with van der Waals surface area (Å²) in [7, 11) is 0. The molecule has 1 heterocycles. The standard InChI is InChI=1S/C17H18N2OS/c1-17(2,3)15(14-8-5-9-21-14)19-16(20)13-7-4-6-12(10-13)11-18/h4-10,15H,1-3H3,(H,19,20). The van der Waals surface area contributed by atoms with Crippen LogP contribution in [0.5, 0.6) is 0 Å². The maximum atomic E-state index is 12.4. The number of nitriles is 1. The fraction of sp³-hybridized carbons (Fsp3) is 0.294. The Bertz CT molecular complexity index is 663. The summed E-state index contributed by atoms with van der Waals surface area (Å²) in [5.41, 5.74) is 0.916. The van der Waals surface area contributed by atoms with Gasteiger partial charge in [-0.15, -0.1) is 11.3 Å². The third-order valence-electron chi connectivity index (χ3n) is 3.22. The maximum absolute atomic E-state index is 12.4. The molecule has 0 saturated heterocycles. The molecular formula is C17H18N2OS. The number of carbonyl (C=O) groups excluding carboxylic acids is 1. The minimum Gasteiger partial charge on any atom is -0.344 e. The van der Waals surface area contributed by atoms with E-state index in [-0.39, 0.29) is 17.4 Å². The molecule has 0 radical (unpaired) electrons. The smallest absolute Gasteiger partial charge is 0.251 e. The van der Waals surface area contributed by atoms with Crippen LogP contribution in [0.1, 0.15) is 47.6 Å². The molecular weight excluding hydrogens is 280 g/mol. The molecule has 3 nitrogen and oxygen atoms in total. The Morgan fingerprint density at radius 3 is 2.62 bits per heavy atom. The van der Waals surface area contributed by atoms with Crippen LogP contribution in [0.2, 0.25) is 0 Å². The number of hydrogen-bond acceptors (Lipinski definition) is 3. The molecule has 0 spiro atoms. The van der Waals surface area contributed by atoms with Crippen molar-refractivity contribution < 1.29 is 4.79 Å². The molecule has 1 unspecified atom stereocenters. The van der Waals surface area contributed by atoms with E-state index in [1.807, 2.05) is 17.5 Å². The number of rotatable bonds is 3. The van der Waals surface area contributed by atoms with E-state index >= 15 is 0 Å². The minimum absolute atomic E-state index is 0.0595. The Kier molecular flexibility index (Phi) is 4.44. The van der Waals surface area contributed by atoms with E-state index in [1.165, 1.54) is 0 Å². The van der Waals surface area contributed by atoms with Crippen molar-refractivity contribution in [2.24, 2.45) is 5.41 Å². The van der Waals surface area contributed by atoms with Gasteiger partial charge in [0.2, 0.25) is 0 Å². The molecule has 1 amide bonds. The van der Waals surface area contributed by atoms with Crippen molar-refractivity contribution in [2.45, 2.75) is 26.8 Å². The van der Waals surface area contributed by atoms with Crippen LogP contribution in [0.4, 0.5) is 0 Å². The number of hydrogen-bond donors (Lipinski definition) is 1. The van der Waals surface area contributed by atoms with Crippen molar-refractivity contribution in [1.29, 1.82) is 5.26 Å². The summed E-state index contributed by atoms with van der Waals surface area (Å²) < 4.78 is 0. The van der Waals surface area contributed by atoms with E-state index in [1.54, 1.807) is 35.6 Å². The van der Waals surface area contributed by atoms with Crippen LogP contribution in [0, 0.1) is 16.7 Å². The number of thiophene rings is 1. The van der Waals surface area contributed by atoms with E-state index in [2.05, 4.69) is 32.2 Å². The Balaban J connectivity index is 2.25. The molecule has 1 N–H and O–H groups in total. The Morgan fingerprint density at radius 1 is 1.29 bits per heavy atom. The van der Waals surface area contributed by atoms with Gasteiger partial charge in [-0.3, -0.25) is 4.79 Å². The van der Waals surface area contributed by atoms with E-state index in [0.29, 0.717) is 11.1 Å². The van der Waals surface area contributed by atoms with Crippen molar-refractivity contribution in [3.63, 3.8) is 0 Å². The number of nitrogens with one attached hydrogen (secondary N) is 1. The van der Waals surface area contributed by atoms with E-state index < -0.39 is 0 Å². The monoisotopic (exact) mass is 298 g/mol. The highest BCUT2D eigenvalue weighted by Gasteiger charge is 2.28. The lowest BCUT2D eigenvalue weighted by molar-refractivity contribution is 0.0903. The molecule has 1 atom stereocenters. The molecule has 2 aromatic rings. The molecule has 2 rings (SSSR count). The predicted molar refractivity (Wildman–Crippen MR) is 85.1 cm³/mol. The van der Waals surface area contributed by atoms with Crippen LogP contribution in [0.3, 0.4) is 0 Å². The fourth-order valence-electron chi connectivity index (χ4n) is 2.11. The molecule has 0 aliphatic carbocycles. The molecule has 1 aromatic carbocycles. The SMILES string of the molecule is CC(C)(C)C(NC(=O)c1cccc(C#N)c1)c1cccs1. The Hall–Kier alpha value is -2.12. The highest BCUT2D eigenvalue weighted by Crippen LogP contribution is 2.35. The first-order valence-corrected chi connectivity index (χ1v) is 7.64. The molecule has 4 heteroatoms. The molecule has 21 heavy (non-hydrogen) atoms. The zero-order valence-electron chi connectivity index (χ0n) is 12.4. The van der Waals surface area contributed by atoms with Gasteiger partial charge in [0.15, 0.2) is 0 Å². The number of amides is 1. The number of benzene rings is 1. The van der Waals surface area contributed by atoms with Gasteiger partial charge in [-0.05, 0) is 35.1 Å². The zero-order chi connectivity index (χ0) is 15.5. The normalized spacial score (nSPS) is 12.5. The van der Waals surface area contributed by atoms with Gasteiger partial charge in [0.25, 0.3) is 5.91 Å². The van der Waals surface area contributed by atoms with Crippen LogP contribution < -0.4 is 5.32 Å². The summed E-state index contributed by atoms with van der Waals surface area (Å²) in [6.07, 6.45) is 0. The van der Waals surface area contributed by atoms with Crippen molar-refractivity contribution >= 4 is 17.2 Å². The van der Waals surface area contributed by atoms with E-state index in [9.17, 15) is 4.79 Å². The number of carbonyl (C=O) groups is 1. The second-order valence-electron chi connectivity index (χ2n) is 5.98. The van der Waals surface area contributed by atoms with Gasteiger partial charge < -0.3 is 5.32 Å². The molecule has 0 aliphatic rings. The van der Waals surface area contributed by atoms with Crippen molar-refractivity contribution in [2.75, 3.05) is 0 Å². The second kappa shape index (κ2) is 6.11. The lowest BCUT2D eigenvalue weighted by Crippen LogP contribution is -2.36. The van der Waals surface area contributed by atoms with Gasteiger partial charge in [-0.25, -0.2) is 0 Å². The third-order valence-corrected chi connectivity index (χ3v) is 4.16. The summed E-state index contributed by atoms with van der Waals surface area (Å²) in [5, 5.41) is 14.0. The molecule has 0 saturated carbocycles. The Morgan fingerprint density at radius 2 is 2.05 bits per heavy atom. The van der Waals surface area contributed by atoms with Crippen molar-refractivity contribution in [1.82, 2.24) is 5.32 Å². The largest absolute Gasteiger partial charge is 0.344 e. The highest BCUT2D eigenvalue weighted by atomic mass is 32.1. The van der Waals surface area contributed by atoms with Gasteiger partial charge in [0.05, 0.1) is 17.7 Å². The summed E-state index contributed by atoms with van der Waals surface area (Å²) in [5.74, 6) is -0.152. The zero-order valence-corrected chi connectivity index (χ0v) is 13.2. The summed E-state index contributed by atoms with van der Waals surface area (Å²) in [4.78, 5) is 13.6. The van der Waals surface area contributed by atoms with E-state index in [0.717, 1.165) is 4.88 Å². The summed E-state index contributed by atoms with van der Waals surface area (Å²) >= 11 is 1.64. The van der Waals surface area contributed by atoms with Crippen LogP contribution in [-0.2, 0) is 0 Å². The molecule has 1 aromatic heterocycles. The lowest BCUT2D eigenvalue weighted by atomic mass is 9.85. The van der Waals surface area contributed by atoms with Gasteiger partial charge in [-0.1, -0.05) is 32.9 Å². The predicted octanol–water partition coefficient (Wildman–Crippen LogP) is 4.14. The second-order valence-corrected chi connectivity index (χ2v) is 6.96. The quantitative estimate of drug-likeness (QED) is 0.926. The van der Waals surface area contributed by atoms with Gasteiger partial charge in [0.1, 0.15) is 0 Å². The van der Waals surface area contributed by atoms with Crippen LogP contribution in [0.15, 0.2) is 41.8 Å². The fourth-order valence-corrected chi connectivity index (χ4v) is 3.13. The first kappa shape index (κ1) is 15.3. The van der Waals surface area contributed by atoms with Gasteiger partial charge >= 0.3 is 0 Å². The van der Waals surface area contributed by atoms with Crippen LogP contribution in [0.25, 0.3) is 0 Å². The van der Waals surface area contributed by atoms with Crippen molar-refractivity contribution in [3.05, 3.63) is 57.8 Å².